The van der Waals surface area contributed by atoms with Gasteiger partial charge in [-0.05, 0) is 87.0 Å². The summed E-state index contributed by atoms with van der Waals surface area (Å²) in [6, 6.07) is 14.4. The van der Waals surface area contributed by atoms with Crippen LogP contribution < -0.4 is 5.32 Å². The zero-order valence-electron chi connectivity index (χ0n) is 25.6. The fraction of sp³-hybridized carbons (Fsp3) is 0.400. The second-order valence-electron chi connectivity index (χ2n) is 12.3. The summed E-state index contributed by atoms with van der Waals surface area (Å²) >= 11 is 0. The highest BCUT2D eigenvalue weighted by molar-refractivity contribution is 6.36. The number of aryl methyl sites for hydroxylation is 1. The average Bonchev–Trinajstić information content (AvgIpc) is 3.71. The molecule has 0 spiro atoms. The number of rotatable bonds is 6. The molecular weight excluding hydrogens is 538 g/mol. The van der Waals surface area contributed by atoms with E-state index < -0.39 is 0 Å². The Labute approximate surface area is 253 Å². The third kappa shape index (κ3) is 5.64. The first kappa shape index (κ1) is 28.9. The number of aromatic amines is 1. The highest BCUT2D eigenvalue weighted by atomic mass is 16.2. The number of nitrogens with one attached hydrogen (secondary N) is 2. The molecule has 8 nitrogen and oxygen atoms in total. The normalized spacial score (nSPS) is 18.3. The van der Waals surface area contributed by atoms with Gasteiger partial charge in [0.1, 0.15) is 0 Å². The predicted molar refractivity (Wildman–Crippen MR) is 171 cm³/mol. The lowest BCUT2D eigenvalue weighted by atomic mass is 9.92. The Morgan fingerprint density at radius 2 is 1.72 bits per heavy atom. The van der Waals surface area contributed by atoms with Crippen molar-refractivity contribution in [1.29, 1.82) is 0 Å². The van der Waals surface area contributed by atoms with E-state index in [-0.39, 0.29) is 17.7 Å². The van der Waals surface area contributed by atoms with E-state index in [0.29, 0.717) is 23.6 Å². The van der Waals surface area contributed by atoms with Gasteiger partial charge in [0.05, 0.1) is 17.6 Å². The van der Waals surface area contributed by atoms with Gasteiger partial charge in [-0.3, -0.25) is 14.4 Å². The minimum Gasteiger partial charge on any atom is -0.358 e. The molecule has 2 fully saturated rings. The number of carbonyl (C=O) groups excluding carboxylic acids is 3. The number of carbonyl (C=O) groups is 3. The molecule has 3 aromatic rings. The average molecular weight is 580 g/mol. The van der Waals surface area contributed by atoms with E-state index in [4.69, 9.17) is 0 Å². The molecule has 0 aliphatic carbocycles. The second kappa shape index (κ2) is 11.8. The van der Waals surface area contributed by atoms with Crippen molar-refractivity contribution in [2.45, 2.75) is 52.0 Å². The summed E-state index contributed by atoms with van der Waals surface area (Å²) in [4.78, 5) is 49.0. The van der Waals surface area contributed by atoms with Crippen molar-refractivity contribution in [2.24, 2.45) is 0 Å². The lowest BCUT2D eigenvalue weighted by Crippen LogP contribution is -2.46. The summed E-state index contributed by atoms with van der Waals surface area (Å²) in [5.41, 5.74) is 8.06. The van der Waals surface area contributed by atoms with Crippen LogP contribution in [0.3, 0.4) is 0 Å². The number of likely N-dealkylation sites (tertiary alicyclic amines) is 2. The molecule has 6 rings (SSSR count). The first-order valence-electron chi connectivity index (χ1n) is 15.4. The van der Waals surface area contributed by atoms with Crippen LogP contribution in [0, 0.1) is 13.8 Å². The molecule has 0 radical (unpaired) electrons. The van der Waals surface area contributed by atoms with Gasteiger partial charge >= 0.3 is 0 Å². The van der Waals surface area contributed by atoms with Gasteiger partial charge < -0.3 is 25.0 Å². The Morgan fingerprint density at radius 3 is 2.44 bits per heavy atom. The van der Waals surface area contributed by atoms with E-state index in [1.165, 1.54) is 25.9 Å². The van der Waals surface area contributed by atoms with Gasteiger partial charge in [-0.1, -0.05) is 36.4 Å². The van der Waals surface area contributed by atoms with Crippen molar-refractivity contribution in [3.63, 3.8) is 0 Å². The lowest BCUT2D eigenvalue weighted by molar-refractivity contribution is -0.128. The summed E-state index contributed by atoms with van der Waals surface area (Å²) in [5.74, 6) is -0.0755. The van der Waals surface area contributed by atoms with Crippen LogP contribution in [-0.2, 0) is 16.0 Å². The number of fused-ring (bicyclic) bond motifs is 1. The molecule has 0 unspecified atom stereocenters. The van der Waals surface area contributed by atoms with Crippen molar-refractivity contribution < 1.29 is 14.4 Å². The smallest absolute Gasteiger partial charge is 0.256 e. The quantitative estimate of drug-likeness (QED) is 0.397. The molecule has 3 aliphatic rings. The molecule has 3 amide bonds. The molecule has 2 aromatic carbocycles. The number of aromatic nitrogens is 1. The van der Waals surface area contributed by atoms with Crippen LogP contribution in [0.25, 0.3) is 22.8 Å². The topological polar surface area (TPSA) is 88.8 Å². The number of benzene rings is 2. The summed E-state index contributed by atoms with van der Waals surface area (Å²) in [6.07, 6.45) is 6.80. The van der Waals surface area contributed by atoms with Gasteiger partial charge in [-0.2, -0.15) is 0 Å². The Balaban J connectivity index is 1.28. The molecule has 2 saturated heterocycles. The standard InChI is InChI=1S/C35H41N5O3/c1-22-30(36-23(2)32(22)35(43)40-17-13-26(14-18-40)39-15-5-6-16-39)21-28-33-27(11-8-12-29(33)37-34(28)42)25-10-7-9-24(19-25)20-31(41)38(3)4/h7-12,19,21,26,36H,5-6,13-18,20H2,1-4H3,(H,37,42)/b28-21-. The minimum absolute atomic E-state index is 0.0340. The van der Waals surface area contributed by atoms with E-state index in [9.17, 15) is 14.4 Å². The molecule has 0 atom stereocenters. The van der Waals surface area contributed by atoms with E-state index in [0.717, 1.165) is 70.8 Å². The van der Waals surface area contributed by atoms with Gasteiger partial charge in [0.15, 0.2) is 0 Å². The maximum Gasteiger partial charge on any atom is 0.256 e. The van der Waals surface area contributed by atoms with Crippen LogP contribution >= 0.6 is 0 Å². The third-order valence-corrected chi connectivity index (χ3v) is 9.31. The molecule has 0 saturated carbocycles. The zero-order chi connectivity index (χ0) is 30.2. The number of nitrogens with zero attached hydrogens (tertiary/aromatic N) is 3. The van der Waals surface area contributed by atoms with Crippen LogP contribution in [-0.4, -0.2) is 83.7 Å². The Hall–Kier alpha value is -4.17. The van der Waals surface area contributed by atoms with Gasteiger partial charge in [-0.15, -0.1) is 0 Å². The lowest BCUT2D eigenvalue weighted by Gasteiger charge is -2.36. The Bertz CT molecular complexity index is 1600. The number of likely N-dealkylation sites (N-methyl/N-ethyl adjacent to an activating group) is 1. The monoisotopic (exact) mass is 579 g/mol. The fourth-order valence-corrected chi connectivity index (χ4v) is 6.89. The molecule has 4 heterocycles. The van der Waals surface area contributed by atoms with E-state index in [2.05, 4.69) is 15.2 Å². The molecular formula is C35H41N5O3. The first-order chi connectivity index (χ1) is 20.7. The largest absolute Gasteiger partial charge is 0.358 e. The number of piperidine rings is 1. The molecule has 0 bridgehead atoms. The molecule has 8 heteroatoms. The number of H-pyrrole nitrogens is 1. The van der Waals surface area contributed by atoms with Gasteiger partial charge in [0.25, 0.3) is 11.8 Å². The van der Waals surface area contributed by atoms with Crippen molar-refractivity contribution >= 4 is 35.1 Å². The summed E-state index contributed by atoms with van der Waals surface area (Å²) < 4.78 is 0. The number of anilines is 1. The maximum atomic E-state index is 13.7. The predicted octanol–water partition coefficient (Wildman–Crippen LogP) is 5.12. The van der Waals surface area contributed by atoms with Crippen LogP contribution in [0.2, 0.25) is 0 Å². The number of amides is 3. The maximum absolute atomic E-state index is 13.7. The van der Waals surface area contributed by atoms with Crippen LogP contribution in [0.1, 0.15) is 64.1 Å². The van der Waals surface area contributed by atoms with E-state index in [1.807, 2.05) is 67.3 Å². The van der Waals surface area contributed by atoms with E-state index in [1.54, 1.807) is 19.0 Å². The minimum atomic E-state index is -0.176. The van der Waals surface area contributed by atoms with Crippen LogP contribution in [0.5, 0.6) is 0 Å². The summed E-state index contributed by atoms with van der Waals surface area (Å²) in [5, 5.41) is 3.02. The van der Waals surface area contributed by atoms with Crippen molar-refractivity contribution in [2.75, 3.05) is 45.6 Å². The summed E-state index contributed by atoms with van der Waals surface area (Å²) in [7, 11) is 3.51. The fourth-order valence-electron chi connectivity index (χ4n) is 6.89. The highest BCUT2D eigenvalue weighted by Crippen LogP contribution is 2.41. The van der Waals surface area contributed by atoms with Crippen molar-refractivity contribution in [3.8, 4) is 11.1 Å². The molecule has 43 heavy (non-hydrogen) atoms. The first-order valence-corrected chi connectivity index (χ1v) is 15.4. The molecule has 224 valence electrons. The summed E-state index contributed by atoms with van der Waals surface area (Å²) in [6.45, 7) is 7.83. The van der Waals surface area contributed by atoms with Gasteiger partial charge in [-0.25, -0.2) is 0 Å². The second-order valence-corrected chi connectivity index (χ2v) is 12.3. The van der Waals surface area contributed by atoms with Crippen LogP contribution in [0.15, 0.2) is 42.5 Å². The Kier molecular flexibility index (Phi) is 7.97. The van der Waals surface area contributed by atoms with Crippen LogP contribution in [0.4, 0.5) is 5.69 Å². The highest BCUT2D eigenvalue weighted by Gasteiger charge is 2.32. The number of hydrogen-bond donors (Lipinski definition) is 2. The van der Waals surface area contributed by atoms with Crippen molar-refractivity contribution in [1.82, 2.24) is 19.7 Å². The molecule has 2 N–H and O–H groups in total. The molecule has 1 aromatic heterocycles. The number of hydrogen-bond acceptors (Lipinski definition) is 4. The zero-order valence-corrected chi connectivity index (χ0v) is 25.6. The SMILES string of the molecule is Cc1[nH]c(/C=C2\C(=O)Nc3cccc(-c4cccc(CC(=O)N(C)C)c4)c32)c(C)c1C(=O)N1CCC(N2CCCC2)CC1. The van der Waals surface area contributed by atoms with Crippen molar-refractivity contribution in [3.05, 3.63) is 76.1 Å². The Morgan fingerprint density at radius 1 is 1.00 bits per heavy atom. The third-order valence-electron chi connectivity index (χ3n) is 9.31. The van der Waals surface area contributed by atoms with E-state index >= 15 is 0 Å². The van der Waals surface area contributed by atoms with Gasteiger partial charge in [0, 0.05) is 55.9 Å². The van der Waals surface area contributed by atoms with Gasteiger partial charge in [0.2, 0.25) is 5.91 Å². The molecule has 3 aliphatic heterocycles.